The van der Waals surface area contributed by atoms with Crippen LogP contribution in [0.5, 0.6) is 0 Å². The Balaban J connectivity index is 1.65. The molecule has 2 aromatic rings. The van der Waals surface area contributed by atoms with E-state index in [4.69, 9.17) is 11.5 Å². The molecule has 0 bridgehead atoms. The van der Waals surface area contributed by atoms with Crippen molar-refractivity contribution in [2.75, 3.05) is 35.3 Å². The Morgan fingerprint density at radius 2 is 1.39 bits per heavy atom. The highest BCUT2D eigenvalue weighted by Gasteiger charge is 2.06. The van der Waals surface area contributed by atoms with E-state index in [1.165, 1.54) is 0 Å². The van der Waals surface area contributed by atoms with Crippen LogP contribution in [0.25, 0.3) is 0 Å². The molecule has 124 valence electrons. The first-order chi connectivity index (χ1) is 11.2. The molecule has 0 fully saturated rings. The molecule has 5 heteroatoms. The van der Waals surface area contributed by atoms with Gasteiger partial charge in [0.2, 0.25) is 0 Å². The van der Waals surface area contributed by atoms with Gasteiger partial charge in [-0.3, -0.25) is 0 Å². The smallest absolute Gasteiger partial charge is 0.0632 e. The highest BCUT2D eigenvalue weighted by molar-refractivity contribution is 5.52. The lowest BCUT2D eigenvalue weighted by Gasteiger charge is -2.17. The molecule has 0 amide bonds. The quantitative estimate of drug-likeness (QED) is 0.362. The van der Waals surface area contributed by atoms with Crippen LogP contribution in [0.2, 0.25) is 0 Å². The fraction of sp³-hybridized carbons (Fsp3) is 0.333. The minimum absolute atomic E-state index is 0.0650. The van der Waals surface area contributed by atoms with E-state index >= 15 is 0 Å². The number of benzene rings is 2. The predicted octanol–water partition coefficient (Wildman–Crippen LogP) is 2.91. The molecule has 0 aliphatic carbocycles. The van der Waals surface area contributed by atoms with Gasteiger partial charge in [-0.25, -0.2) is 0 Å². The third-order valence-electron chi connectivity index (χ3n) is 3.72. The van der Waals surface area contributed by atoms with Crippen molar-refractivity contribution in [3.05, 3.63) is 48.5 Å². The van der Waals surface area contributed by atoms with Gasteiger partial charge in [0.1, 0.15) is 0 Å². The van der Waals surface area contributed by atoms with Crippen LogP contribution >= 0.6 is 0 Å². The maximum Gasteiger partial charge on any atom is 0.0632 e. The normalized spacial score (nSPS) is 11.9. The van der Waals surface area contributed by atoms with Crippen molar-refractivity contribution in [1.82, 2.24) is 0 Å². The summed E-state index contributed by atoms with van der Waals surface area (Å²) in [6, 6.07) is 15.4. The van der Waals surface area contributed by atoms with E-state index in [1.807, 2.05) is 48.5 Å². The van der Waals surface area contributed by atoms with E-state index in [1.54, 1.807) is 0 Å². The number of hydrogen-bond donors (Lipinski definition) is 5. The zero-order chi connectivity index (χ0) is 16.5. The van der Waals surface area contributed by atoms with Crippen LogP contribution in [-0.2, 0) is 0 Å². The third kappa shape index (κ3) is 6.08. The Hall–Kier alpha value is -2.40. The first-order valence-corrected chi connectivity index (χ1v) is 8.00. The molecule has 23 heavy (non-hydrogen) atoms. The van der Waals surface area contributed by atoms with Crippen molar-refractivity contribution in [3.8, 4) is 0 Å². The van der Waals surface area contributed by atoms with Crippen molar-refractivity contribution < 1.29 is 5.11 Å². The fourth-order valence-corrected chi connectivity index (χ4v) is 2.37. The first-order valence-electron chi connectivity index (χ1n) is 8.00. The van der Waals surface area contributed by atoms with Gasteiger partial charge in [0, 0.05) is 35.3 Å². The maximum absolute atomic E-state index is 9.49. The van der Waals surface area contributed by atoms with Crippen molar-refractivity contribution in [2.24, 2.45) is 0 Å². The zero-order valence-electron chi connectivity index (χ0n) is 13.3. The highest BCUT2D eigenvalue weighted by atomic mass is 16.3. The van der Waals surface area contributed by atoms with E-state index in [-0.39, 0.29) is 12.6 Å². The number of nitrogen functional groups attached to an aromatic ring is 2. The van der Waals surface area contributed by atoms with Gasteiger partial charge >= 0.3 is 0 Å². The highest BCUT2D eigenvalue weighted by Crippen LogP contribution is 2.14. The average Bonchev–Trinajstić information content (AvgIpc) is 2.57. The summed E-state index contributed by atoms with van der Waals surface area (Å²) in [5, 5.41) is 16.2. The number of aliphatic hydroxyl groups is 1. The second kappa shape index (κ2) is 8.90. The van der Waals surface area contributed by atoms with Crippen LogP contribution in [0.3, 0.4) is 0 Å². The Bertz CT molecular complexity index is 569. The van der Waals surface area contributed by atoms with Crippen LogP contribution in [-0.4, -0.2) is 24.3 Å². The Morgan fingerprint density at radius 1 is 0.826 bits per heavy atom. The number of hydrogen-bond acceptors (Lipinski definition) is 5. The Kier molecular flexibility index (Phi) is 6.56. The molecule has 0 spiro atoms. The molecule has 1 atom stereocenters. The van der Waals surface area contributed by atoms with Gasteiger partial charge in [0.25, 0.3) is 0 Å². The van der Waals surface area contributed by atoms with E-state index in [9.17, 15) is 5.11 Å². The lowest BCUT2D eigenvalue weighted by Crippen LogP contribution is -2.23. The maximum atomic E-state index is 9.49. The summed E-state index contributed by atoms with van der Waals surface area (Å²) < 4.78 is 0. The van der Waals surface area contributed by atoms with E-state index < -0.39 is 0 Å². The summed E-state index contributed by atoms with van der Waals surface area (Å²) in [7, 11) is 0. The second-order valence-corrected chi connectivity index (χ2v) is 5.69. The molecule has 0 saturated carbocycles. The first kappa shape index (κ1) is 17.0. The lowest BCUT2D eigenvalue weighted by molar-refractivity contribution is 0.267. The van der Waals surface area contributed by atoms with Gasteiger partial charge in [0.15, 0.2) is 0 Å². The molecule has 0 aliphatic heterocycles. The van der Waals surface area contributed by atoms with Crippen molar-refractivity contribution in [1.29, 1.82) is 0 Å². The number of anilines is 4. The van der Waals surface area contributed by atoms with Gasteiger partial charge in [-0.15, -0.1) is 0 Å². The summed E-state index contributed by atoms with van der Waals surface area (Å²) in [5.41, 5.74) is 14.9. The van der Waals surface area contributed by atoms with Crippen LogP contribution < -0.4 is 22.1 Å². The summed E-state index contributed by atoms with van der Waals surface area (Å²) in [4.78, 5) is 0. The summed E-state index contributed by atoms with van der Waals surface area (Å²) in [6.07, 6.45) is 3.00. The second-order valence-electron chi connectivity index (χ2n) is 5.69. The van der Waals surface area contributed by atoms with Crippen molar-refractivity contribution in [3.63, 3.8) is 0 Å². The third-order valence-corrected chi connectivity index (χ3v) is 3.72. The molecule has 0 aromatic heterocycles. The topological polar surface area (TPSA) is 96.3 Å². The number of unbranched alkanes of at least 4 members (excludes halogenated alkanes) is 1. The van der Waals surface area contributed by atoms with Gasteiger partial charge in [-0.05, 0) is 67.8 Å². The monoisotopic (exact) mass is 314 g/mol. The predicted molar refractivity (Wildman–Crippen MR) is 98.5 cm³/mol. The van der Waals surface area contributed by atoms with E-state index in [0.29, 0.717) is 0 Å². The lowest BCUT2D eigenvalue weighted by atomic mass is 10.1. The van der Waals surface area contributed by atoms with E-state index in [0.717, 1.165) is 48.6 Å². The van der Waals surface area contributed by atoms with E-state index in [2.05, 4.69) is 10.6 Å². The van der Waals surface area contributed by atoms with Gasteiger partial charge < -0.3 is 27.2 Å². The number of rotatable bonds is 9. The molecule has 5 nitrogen and oxygen atoms in total. The number of aliphatic hydroxyl groups excluding tert-OH is 1. The van der Waals surface area contributed by atoms with Gasteiger partial charge in [-0.1, -0.05) is 0 Å². The van der Waals surface area contributed by atoms with Crippen LogP contribution in [0.4, 0.5) is 22.7 Å². The SMILES string of the molecule is Nc1ccc(NCCCC[C@@H](CO)Nc2ccc(N)cc2)cc1. The standard InChI is InChI=1S/C18H26N4O/c19-14-4-8-16(9-5-14)21-12-2-1-3-18(13-23)22-17-10-6-15(20)7-11-17/h4-11,18,21-23H,1-3,12-13,19-20H2/t18-/m0/s1. The van der Waals surface area contributed by atoms with Crippen molar-refractivity contribution in [2.45, 2.75) is 25.3 Å². The van der Waals surface area contributed by atoms with Gasteiger partial charge in [0.05, 0.1) is 6.61 Å². The minimum atomic E-state index is 0.0650. The zero-order valence-corrected chi connectivity index (χ0v) is 13.3. The molecule has 0 radical (unpaired) electrons. The molecule has 0 heterocycles. The largest absolute Gasteiger partial charge is 0.399 e. The Morgan fingerprint density at radius 3 is 1.96 bits per heavy atom. The summed E-state index contributed by atoms with van der Waals surface area (Å²) in [6.45, 7) is 1.03. The molecule has 2 rings (SSSR count). The average molecular weight is 314 g/mol. The van der Waals surface area contributed by atoms with Crippen LogP contribution in [0.1, 0.15) is 19.3 Å². The molecule has 0 saturated heterocycles. The molecular weight excluding hydrogens is 288 g/mol. The fourth-order valence-electron chi connectivity index (χ4n) is 2.37. The minimum Gasteiger partial charge on any atom is -0.399 e. The van der Waals surface area contributed by atoms with Crippen LogP contribution in [0, 0.1) is 0 Å². The molecule has 2 aromatic carbocycles. The molecule has 7 N–H and O–H groups in total. The molecule has 0 aliphatic rings. The van der Waals surface area contributed by atoms with Crippen LogP contribution in [0.15, 0.2) is 48.5 Å². The summed E-state index contributed by atoms with van der Waals surface area (Å²) >= 11 is 0. The van der Waals surface area contributed by atoms with Gasteiger partial charge in [-0.2, -0.15) is 0 Å². The Labute approximate surface area is 137 Å². The van der Waals surface area contributed by atoms with Crippen molar-refractivity contribution >= 4 is 22.7 Å². The summed E-state index contributed by atoms with van der Waals surface area (Å²) in [5.74, 6) is 0. The molecule has 0 unspecified atom stereocenters. The molecular formula is C18H26N4O. The number of nitrogens with one attached hydrogen (secondary N) is 2. The number of nitrogens with two attached hydrogens (primary N) is 2.